The van der Waals surface area contributed by atoms with E-state index in [0.29, 0.717) is 0 Å². The van der Waals surface area contributed by atoms with Gasteiger partial charge in [-0.05, 0) is 124 Å². The normalized spacial score (nSPS) is 11.0. The van der Waals surface area contributed by atoms with Crippen LogP contribution in [-0.2, 0) is 0 Å². The molecule has 0 saturated carbocycles. The van der Waals surface area contributed by atoms with Gasteiger partial charge < -0.3 is 9.80 Å². The predicted molar refractivity (Wildman–Crippen MR) is 227 cm³/mol. The first-order valence-electron chi connectivity index (χ1n) is 18.4. The third kappa shape index (κ3) is 7.41. The lowest BCUT2D eigenvalue weighted by molar-refractivity contribution is 1.24. The van der Waals surface area contributed by atoms with Crippen LogP contribution in [0.5, 0.6) is 0 Å². The van der Waals surface area contributed by atoms with Crippen molar-refractivity contribution in [1.29, 1.82) is 0 Å². The third-order valence-corrected chi connectivity index (χ3v) is 9.88. The minimum atomic E-state index is 0.842. The van der Waals surface area contributed by atoms with Gasteiger partial charge in [-0.15, -0.1) is 0 Å². The summed E-state index contributed by atoms with van der Waals surface area (Å²) in [4.78, 5) is 14.2. The van der Waals surface area contributed by atoms with Crippen molar-refractivity contribution in [2.75, 3.05) is 9.80 Å². The second-order valence-corrected chi connectivity index (χ2v) is 14.0. The SMILES string of the molecule is Cc1ccc(N(c2ccc(C)cc2)c2ccc(-c3ccc(-c4ccc(-c5ccc(N(c6ccc(C)cc6)c6ccc(C)cc6)cc5)cn4)nc3)cc2)cc1. The molecule has 262 valence electrons. The molecule has 0 unspecified atom stereocenters. The number of anilines is 6. The number of pyridine rings is 2. The summed E-state index contributed by atoms with van der Waals surface area (Å²) in [5.41, 5.74) is 17.7. The van der Waals surface area contributed by atoms with Crippen LogP contribution in [0.2, 0.25) is 0 Å². The van der Waals surface area contributed by atoms with Gasteiger partial charge in [-0.25, -0.2) is 0 Å². The fourth-order valence-electron chi connectivity index (χ4n) is 6.71. The van der Waals surface area contributed by atoms with Gasteiger partial charge in [0.15, 0.2) is 0 Å². The zero-order valence-corrected chi connectivity index (χ0v) is 31.1. The molecule has 8 aromatic rings. The largest absolute Gasteiger partial charge is 0.311 e. The van der Waals surface area contributed by atoms with Crippen molar-refractivity contribution < 1.29 is 0 Å². The Labute approximate surface area is 318 Å². The summed E-state index contributed by atoms with van der Waals surface area (Å²) in [5, 5.41) is 0. The third-order valence-electron chi connectivity index (χ3n) is 9.88. The molecular weight excluding hydrogens is 657 g/mol. The first-order chi connectivity index (χ1) is 26.4. The second kappa shape index (κ2) is 15.1. The summed E-state index contributed by atoms with van der Waals surface area (Å²) >= 11 is 0. The zero-order valence-electron chi connectivity index (χ0n) is 31.1. The van der Waals surface area contributed by atoms with Gasteiger partial charge in [0.05, 0.1) is 11.4 Å². The molecular formula is C50H42N4. The first-order valence-corrected chi connectivity index (χ1v) is 18.4. The van der Waals surface area contributed by atoms with E-state index in [2.05, 4.69) is 207 Å². The van der Waals surface area contributed by atoms with Crippen molar-refractivity contribution in [2.24, 2.45) is 0 Å². The van der Waals surface area contributed by atoms with Crippen LogP contribution in [0.25, 0.3) is 33.6 Å². The molecule has 54 heavy (non-hydrogen) atoms. The lowest BCUT2D eigenvalue weighted by Gasteiger charge is -2.26. The van der Waals surface area contributed by atoms with Gasteiger partial charge >= 0.3 is 0 Å². The number of aromatic nitrogens is 2. The molecule has 6 aromatic carbocycles. The average molecular weight is 699 g/mol. The van der Waals surface area contributed by atoms with Crippen molar-refractivity contribution in [2.45, 2.75) is 27.7 Å². The molecule has 4 nitrogen and oxygen atoms in total. The molecule has 0 saturated heterocycles. The van der Waals surface area contributed by atoms with E-state index in [1.54, 1.807) is 0 Å². The van der Waals surface area contributed by atoms with E-state index in [-0.39, 0.29) is 0 Å². The van der Waals surface area contributed by atoms with E-state index in [4.69, 9.17) is 9.97 Å². The van der Waals surface area contributed by atoms with E-state index in [1.807, 2.05) is 12.4 Å². The molecule has 0 radical (unpaired) electrons. The lowest BCUT2D eigenvalue weighted by Crippen LogP contribution is -2.09. The number of hydrogen-bond acceptors (Lipinski definition) is 4. The summed E-state index contributed by atoms with van der Waals surface area (Å²) < 4.78 is 0. The van der Waals surface area contributed by atoms with E-state index in [0.717, 1.165) is 67.8 Å². The Bertz CT molecular complexity index is 2180. The second-order valence-electron chi connectivity index (χ2n) is 14.0. The van der Waals surface area contributed by atoms with Crippen LogP contribution in [0, 0.1) is 27.7 Å². The highest BCUT2D eigenvalue weighted by Crippen LogP contribution is 2.37. The molecule has 0 N–H and O–H groups in total. The number of aryl methyl sites for hydroxylation is 4. The maximum Gasteiger partial charge on any atom is 0.0886 e. The maximum absolute atomic E-state index is 4.82. The minimum Gasteiger partial charge on any atom is -0.311 e. The lowest BCUT2D eigenvalue weighted by atomic mass is 10.0. The molecule has 2 heterocycles. The summed E-state index contributed by atoms with van der Waals surface area (Å²) in [7, 11) is 0. The highest BCUT2D eigenvalue weighted by Gasteiger charge is 2.15. The average Bonchev–Trinajstić information content (AvgIpc) is 3.22. The smallest absolute Gasteiger partial charge is 0.0886 e. The summed E-state index contributed by atoms with van der Waals surface area (Å²) in [6, 6.07) is 60.4. The van der Waals surface area contributed by atoms with Crippen molar-refractivity contribution >= 4 is 34.1 Å². The Morgan fingerprint density at radius 3 is 0.704 bits per heavy atom. The fourth-order valence-corrected chi connectivity index (χ4v) is 6.71. The Hall–Kier alpha value is -6.78. The van der Waals surface area contributed by atoms with E-state index < -0.39 is 0 Å². The van der Waals surface area contributed by atoms with Crippen LogP contribution >= 0.6 is 0 Å². The van der Waals surface area contributed by atoms with Crippen LogP contribution < -0.4 is 9.80 Å². The molecule has 2 aromatic heterocycles. The molecule has 0 atom stereocenters. The molecule has 0 fully saturated rings. The van der Waals surface area contributed by atoms with Crippen LogP contribution in [0.15, 0.2) is 182 Å². The molecule has 0 aliphatic carbocycles. The summed E-state index contributed by atoms with van der Waals surface area (Å²) in [6.45, 7) is 8.47. The number of benzene rings is 6. The van der Waals surface area contributed by atoms with Gasteiger partial charge in [0.2, 0.25) is 0 Å². The van der Waals surface area contributed by atoms with E-state index >= 15 is 0 Å². The Kier molecular flexibility index (Phi) is 9.57. The van der Waals surface area contributed by atoms with Crippen molar-refractivity contribution in [3.05, 3.63) is 205 Å². The van der Waals surface area contributed by atoms with E-state index in [1.165, 1.54) is 22.3 Å². The van der Waals surface area contributed by atoms with Gasteiger partial charge in [-0.2, -0.15) is 0 Å². The molecule has 0 spiro atoms. The van der Waals surface area contributed by atoms with Crippen LogP contribution in [-0.4, -0.2) is 9.97 Å². The fraction of sp³-hybridized carbons (Fsp3) is 0.0800. The van der Waals surface area contributed by atoms with Gasteiger partial charge in [0, 0.05) is 57.6 Å². The van der Waals surface area contributed by atoms with Gasteiger partial charge in [-0.1, -0.05) is 107 Å². The number of nitrogens with zero attached hydrogens (tertiary/aromatic N) is 4. The van der Waals surface area contributed by atoms with Gasteiger partial charge in [0.1, 0.15) is 0 Å². The molecule has 0 aliphatic rings. The zero-order chi connectivity index (χ0) is 37.0. The molecule has 8 rings (SSSR count). The Morgan fingerprint density at radius 1 is 0.259 bits per heavy atom. The number of rotatable bonds is 9. The van der Waals surface area contributed by atoms with Gasteiger partial charge in [0.25, 0.3) is 0 Å². The predicted octanol–water partition coefficient (Wildman–Crippen LogP) is 13.7. The van der Waals surface area contributed by atoms with Gasteiger partial charge in [-0.3, -0.25) is 9.97 Å². The molecule has 4 heteroatoms. The molecule has 0 amide bonds. The molecule has 0 bridgehead atoms. The molecule has 0 aliphatic heterocycles. The van der Waals surface area contributed by atoms with Crippen molar-refractivity contribution in [3.8, 4) is 33.6 Å². The topological polar surface area (TPSA) is 32.3 Å². The minimum absolute atomic E-state index is 0.842. The summed E-state index contributed by atoms with van der Waals surface area (Å²) in [5.74, 6) is 0. The first kappa shape index (κ1) is 34.3. The number of hydrogen-bond donors (Lipinski definition) is 0. The summed E-state index contributed by atoms with van der Waals surface area (Å²) in [6.07, 6.45) is 3.87. The Balaban J connectivity index is 0.988. The van der Waals surface area contributed by atoms with Crippen molar-refractivity contribution in [3.63, 3.8) is 0 Å². The monoisotopic (exact) mass is 698 g/mol. The van der Waals surface area contributed by atoms with Crippen molar-refractivity contribution in [1.82, 2.24) is 9.97 Å². The standard InChI is InChI=1S/C50H42N4/c1-35-5-19-43(20-6-35)53(44-21-7-36(2)8-22-44)47-27-13-39(14-28-47)41-17-31-49(51-33-41)50-32-18-42(34-52-50)40-15-29-48(30-16-40)54(45-23-9-37(3)10-24-45)46-25-11-38(4)12-26-46/h5-34H,1-4H3. The quantitative estimate of drug-likeness (QED) is 0.150. The van der Waals surface area contributed by atoms with E-state index in [9.17, 15) is 0 Å². The maximum atomic E-state index is 4.82. The van der Waals surface area contributed by atoms with Crippen LogP contribution in [0.1, 0.15) is 22.3 Å². The highest BCUT2D eigenvalue weighted by molar-refractivity contribution is 5.80. The van der Waals surface area contributed by atoms with Crippen LogP contribution in [0.4, 0.5) is 34.1 Å². The highest BCUT2D eigenvalue weighted by atomic mass is 15.1. The van der Waals surface area contributed by atoms with Crippen LogP contribution in [0.3, 0.4) is 0 Å². The Morgan fingerprint density at radius 2 is 0.481 bits per heavy atom.